The maximum absolute atomic E-state index is 14.9. The lowest BCUT2D eigenvalue weighted by Crippen LogP contribution is -2.63. The number of carbonyl (C=O) groups excluding carboxylic acids is 4. The molecule has 17 heteroatoms. The van der Waals surface area contributed by atoms with E-state index in [1.54, 1.807) is 46.6 Å². The van der Waals surface area contributed by atoms with Crippen LogP contribution in [0.1, 0.15) is 43.2 Å². The summed E-state index contributed by atoms with van der Waals surface area (Å²) in [4.78, 5) is 72.3. The van der Waals surface area contributed by atoms with Gasteiger partial charge in [-0.05, 0) is 119 Å². The molecule has 0 bridgehead atoms. The first-order valence-corrected chi connectivity index (χ1v) is 20.3. The third-order valence-corrected chi connectivity index (χ3v) is 12.4. The van der Waals surface area contributed by atoms with Crippen molar-refractivity contribution in [2.24, 2.45) is 11.7 Å². The molecule has 2 atom stereocenters. The van der Waals surface area contributed by atoms with E-state index in [1.807, 2.05) is 18.2 Å². The van der Waals surface area contributed by atoms with E-state index in [-0.39, 0.29) is 49.9 Å². The number of nitrogens with zero attached hydrogens (tertiary/aromatic N) is 6. The van der Waals surface area contributed by atoms with Crippen molar-refractivity contribution in [3.63, 3.8) is 0 Å². The summed E-state index contributed by atoms with van der Waals surface area (Å²) >= 11 is 6.71. The van der Waals surface area contributed by atoms with Crippen LogP contribution < -0.4 is 21.3 Å². The smallest absolute Gasteiger partial charge is 0.413 e. The highest BCUT2D eigenvalue weighted by Gasteiger charge is 2.48. The Kier molecular flexibility index (Phi) is 11.9. The number of halogens is 2. The molecule has 2 aromatic heterocycles. The van der Waals surface area contributed by atoms with Gasteiger partial charge in [-0.3, -0.25) is 24.8 Å². The van der Waals surface area contributed by atoms with Crippen LogP contribution in [-0.2, 0) is 26.3 Å². The number of fused-ring (bicyclic) bond motifs is 2. The molecule has 0 aliphatic carbocycles. The van der Waals surface area contributed by atoms with Gasteiger partial charge in [-0.1, -0.05) is 0 Å². The molecule has 3 aromatic rings. The number of nitrogens with two attached hydrogens (primary N) is 1. The monoisotopic (exact) mass is 881 g/mol. The van der Waals surface area contributed by atoms with Gasteiger partial charge in [0, 0.05) is 82.0 Å². The van der Waals surface area contributed by atoms with Crippen molar-refractivity contribution in [1.29, 1.82) is 0 Å². The molecule has 0 unspecified atom stereocenters. The maximum atomic E-state index is 14.9. The zero-order valence-corrected chi connectivity index (χ0v) is 33.5. The van der Waals surface area contributed by atoms with Gasteiger partial charge in [0.15, 0.2) is 0 Å². The molecule has 0 saturated carbocycles. The van der Waals surface area contributed by atoms with Gasteiger partial charge in [0.2, 0.25) is 11.8 Å². The first-order valence-electron chi connectivity index (χ1n) is 18.7. The van der Waals surface area contributed by atoms with Gasteiger partial charge in [-0.15, -0.1) is 0 Å². The van der Waals surface area contributed by atoms with E-state index in [4.69, 9.17) is 10.5 Å². The number of rotatable bonds is 8. The lowest BCUT2D eigenvalue weighted by Gasteiger charge is -2.46. The summed E-state index contributed by atoms with van der Waals surface area (Å²) in [6, 6.07) is 7.99. The SMILES string of the molecule is N[C@@H](Cc1cc(Br)c(O)c(Br)c1)C(=O)N(C(=O)N1CCC2(CC1)OC(=O)Nc1ncccc12)[C@H](CC1CCNCC1)C(=O)N1CCN(c2ccncc2)CC1. The Labute approximate surface area is 336 Å². The van der Waals surface area contributed by atoms with Crippen LogP contribution in [-0.4, -0.2) is 118 Å². The molecular weight excluding hydrogens is 838 g/mol. The molecule has 1 spiro atoms. The lowest BCUT2D eigenvalue weighted by molar-refractivity contribution is -0.145. The number of piperidine rings is 2. The summed E-state index contributed by atoms with van der Waals surface area (Å²) in [5.74, 6) is -0.406. The first kappa shape index (κ1) is 38.9. The highest BCUT2D eigenvalue weighted by Crippen LogP contribution is 2.43. The molecule has 5 amide bonds. The Morgan fingerprint density at radius 2 is 1.65 bits per heavy atom. The second-order valence-corrected chi connectivity index (χ2v) is 16.3. The Bertz CT molecular complexity index is 1880. The standard InChI is InChI=1S/C38H45Br2N9O6/c39-28-20-25(21-29(40)32(28)50)22-30(41)34(51)49(37(54)48-14-7-38(8-15-48)27-2-1-9-44-33(27)45-36(53)55-38)31(23-24-3-10-42-11-4-24)35(52)47-18-16-46(17-19-47)26-5-12-43-13-6-26/h1-2,5-6,9,12-13,20-21,24,30-31,42,50H,3-4,7-8,10-11,14-19,22-23,41H2,(H,44,45,53)/t30-,31+/m0/s1. The summed E-state index contributed by atoms with van der Waals surface area (Å²) in [6.07, 6.45) is 6.98. The van der Waals surface area contributed by atoms with Gasteiger partial charge in [0.1, 0.15) is 23.2 Å². The summed E-state index contributed by atoms with van der Waals surface area (Å²) in [6.45, 7) is 3.88. The molecule has 5 N–H and O–H groups in total. The number of anilines is 2. The molecule has 7 rings (SSSR count). The van der Waals surface area contributed by atoms with Crippen LogP contribution in [0.3, 0.4) is 0 Å². The lowest BCUT2D eigenvalue weighted by atomic mass is 9.83. The van der Waals surface area contributed by atoms with Gasteiger partial charge < -0.3 is 35.6 Å². The van der Waals surface area contributed by atoms with E-state index in [1.165, 1.54) is 0 Å². The Hall–Kier alpha value is -4.32. The van der Waals surface area contributed by atoms with Crippen LogP contribution in [0, 0.1) is 5.92 Å². The van der Waals surface area contributed by atoms with Crippen molar-refractivity contribution in [2.45, 2.75) is 56.2 Å². The van der Waals surface area contributed by atoms with Crippen LogP contribution in [0.25, 0.3) is 0 Å². The number of phenolic OH excluding ortho intramolecular Hbond substituents is 1. The average Bonchev–Trinajstić information content (AvgIpc) is 3.20. The van der Waals surface area contributed by atoms with Crippen molar-refractivity contribution in [3.8, 4) is 5.75 Å². The summed E-state index contributed by atoms with van der Waals surface area (Å²) in [5.41, 5.74) is 8.10. The van der Waals surface area contributed by atoms with E-state index in [2.05, 4.69) is 57.4 Å². The summed E-state index contributed by atoms with van der Waals surface area (Å²) in [7, 11) is 0. The van der Waals surface area contributed by atoms with Crippen molar-refractivity contribution < 1.29 is 29.0 Å². The van der Waals surface area contributed by atoms with Crippen molar-refractivity contribution in [2.75, 3.05) is 62.6 Å². The molecule has 4 aliphatic rings. The fraction of sp³-hybridized carbons (Fsp3) is 0.474. The molecule has 1 aromatic carbocycles. The van der Waals surface area contributed by atoms with E-state index < -0.39 is 35.7 Å². The van der Waals surface area contributed by atoms with Crippen LogP contribution in [0.4, 0.5) is 21.1 Å². The summed E-state index contributed by atoms with van der Waals surface area (Å²) in [5, 5.41) is 16.3. The van der Waals surface area contributed by atoms with Crippen molar-refractivity contribution in [3.05, 3.63) is 75.1 Å². The van der Waals surface area contributed by atoms with Crippen LogP contribution >= 0.6 is 31.9 Å². The Balaban J connectivity index is 1.18. The maximum Gasteiger partial charge on any atom is 0.413 e. The normalized spacial score (nSPS) is 19.5. The molecule has 0 radical (unpaired) electrons. The molecule has 292 valence electrons. The number of nitrogens with one attached hydrogen (secondary N) is 2. The zero-order valence-electron chi connectivity index (χ0n) is 30.3. The average molecular weight is 884 g/mol. The number of benzene rings is 1. The number of hydrogen-bond acceptors (Lipinski definition) is 11. The van der Waals surface area contributed by atoms with Gasteiger partial charge >= 0.3 is 12.1 Å². The molecule has 3 fully saturated rings. The third kappa shape index (κ3) is 8.44. The quantitative estimate of drug-likeness (QED) is 0.254. The number of ether oxygens (including phenoxy) is 1. The number of amides is 5. The topological polar surface area (TPSA) is 187 Å². The molecule has 15 nitrogen and oxygen atoms in total. The predicted octanol–water partition coefficient (Wildman–Crippen LogP) is 4.19. The molecular formula is C38H45Br2N9O6. The number of imide groups is 1. The molecule has 6 heterocycles. The number of aromatic hydroxyl groups is 1. The van der Waals surface area contributed by atoms with Gasteiger partial charge in [-0.2, -0.15) is 0 Å². The second-order valence-electron chi connectivity index (χ2n) is 14.6. The van der Waals surface area contributed by atoms with Crippen LogP contribution in [0.15, 0.2) is 63.9 Å². The number of carbonyl (C=O) groups is 4. The number of hydrogen-bond donors (Lipinski definition) is 4. The van der Waals surface area contributed by atoms with E-state index in [0.717, 1.165) is 42.1 Å². The van der Waals surface area contributed by atoms with E-state index >= 15 is 0 Å². The van der Waals surface area contributed by atoms with E-state index in [9.17, 15) is 24.3 Å². The predicted molar refractivity (Wildman–Crippen MR) is 211 cm³/mol. The minimum Gasteiger partial charge on any atom is -0.506 e. The van der Waals surface area contributed by atoms with Crippen LogP contribution in [0.2, 0.25) is 0 Å². The molecule has 55 heavy (non-hydrogen) atoms. The van der Waals surface area contributed by atoms with Crippen molar-refractivity contribution >= 4 is 67.3 Å². The number of urea groups is 1. The van der Waals surface area contributed by atoms with Crippen molar-refractivity contribution in [1.82, 2.24) is 30.0 Å². The first-order chi connectivity index (χ1) is 26.5. The second kappa shape index (κ2) is 16.8. The van der Waals surface area contributed by atoms with Gasteiger partial charge in [0.05, 0.1) is 15.0 Å². The molecule has 3 saturated heterocycles. The Morgan fingerprint density at radius 1 is 0.982 bits per heavy atom. The number of pyridine rings is 2. The van der Waals surface area contributed by atoms with Gasteiger partial charge in [0.25, 0.3) is 0 Å². The largest absolute Gasteiger partial charge is 0.506 e. The zero-order chi connectivity index (χ0) is 38.7. The number of likely N-dealkylation sites (tertiary alicyclic amines) is 1. The minimum absolute atomic E-state index is 0.0119. The highest BCUT2D eigenvalue weighted by atomic mass is 79.9. The number of aromatic nitrogens is 2. The highest BCUT2D eigenvalue weighted by molar-refractivity contribution is 9.11. The fourth-order valence-corrected chi connectivity index (χ4v) is 9.43. The minimum atomic E-state index is -1.18. The number of phenols is 1. The summed E-state index contributed by atoms with van der Waals surface area (Å²) < 4.78 is 6.73. The fourth-order valence-electron chi connectivity index (χ4n) is 8.15. The van der Waals surface area contributed by atoms with E-state index in [0.29, 0.717) is 52.9 Å². The Morgan fingerprint density at radius 3 is 2.33 bits per heavy atom. The van der Waals surface area contributed by atoms with Crippen LogP contribution in [0.5, 0.6) is 5.75 Å². The number of piperazine rings is 1. The molecule has 4 aliphatic heterocycles. The van der Waals surface area contributed by atoms with Gasteiger partial charge in [-0.25, -0.2) is 14.6 Å². The third-order valence-electron chi connectivity index (χ3n) is 11.2.